The van der Waals surface area contributed by atoms with E-state index in [4.69, 9.17) is 9.47 Å². The Kier molecular flexibility index (Phi) is 6.62. The standard InChI is InChI=1S/C24H38O5/c1-7-8-18(26)29-24(6)12-11-17(25)15(5)21(27)22-19-14(4)9-10-16(13(2)3)20(19)23(24)28-22/h13,16-17,19-23,25,27H,4-5,7-12H2,1-3,6H3/t16-,17-,19+,20-,21-,22+,23-,24-/m1/s1. The van der Waals surface area contributed by atoms with E-state index in [-0.39, 0.29) is 23.9 Å². The Balaban J connectivity index is 2.06. The molecule has 2 saturated heterocycles. The minimum Gasteiger partial charge on any atom is -0.457 e. The Morgan fingerprint density at radius 2 is 2.00 bits per heavy atom. The van der Waals surface area contributed by atoms with E-state index in [0.717, 1.165) is 24.8 Å². The second kappa shape index (κ2) is 8.52. The number of ether oxygens (including phenoxy) is 2. The third-order valence-electron chi connectivity index (χ3n) is 7.48. The Morgan fingerprint density at radius 3 is 2.62 bits per heavy atom. The fraction of sp³-hybridized carbons (Fsp3) is 0.792. The molecule has 8 atom stereocenters. The SMILES string of the molecule is C=C1CC[C@H](C(C)C)[C@@H]2[C@H]1[C@@H]1O[C@H]2[C@](C)(OC(=O)CCC)CC[C@@H](O)C(=C)[C@H]1O. The quantitative estimate of drug-likeness (QED) is 0.549. The fourth-order valence-electron chi connectivity index (χ4n) is 5.84. The van der Waals surface area contributed by atoms with E-state index in [1.165, 1.54) is 0 Å². The first kappa shape index (κ1) is 22.5. The van der Waals surface area contributed by atoms with Gasteiger partial charge in [0.1, 0.15) is 17.8 Å². The van der Waals surface area contributed by atoms with Gasteiger partial charge < -0.3 is 19.7 Å². The summed E-state index contributed by atoms with van der Waals surface area (Å²) in [6.07, 6.45) is 1.20. The van der Waals surface area contributed by atoms with Gasteiger partial charge in [-0.05, 0) is 56.4 Å². The molecule has 0 unspecified atom stereocenters. The van der Waals surface area contributed by atoms with Crippen molar-refractivity contribution in [3.63, 3.8) is 0 Å². The molecule has 0 amide bonds. The van der Waals surface area contributed by atoms with Crippen LogP contribution in [-0.4, -0.2) is 46.2 Å². The maximum absolute atomic E-state index is 12.5. The van der Waals surface area contributed by atoms with Gasteiger partial charge in [0.25, 0.3) is 0 Å². The number of fused-ring (bicyclic) bond motifs is 5. The van der Waals surface area contributed by atoms with E-state index in [1.54, 1.807) is 0 Å². The molecule has 1 saturated carbocycles. The first-order valence-electron chi connectivity index (χ1n) is 11.2. The predicted octanol–water partition coefficient (Wildman–Crippen LogP) is 3.78. The summed E-state index contributed by atoms with van der Waals surface area (Å²) in [6, 6.07) is 0. The molecule has 2 N–H and O–H groups in total. The highest BCUT2D eigenvalue weighted by Crippen LogP contribution is 2.55. The van der Waals surface area contributed by atoms with Crippen molar-refractivity contribution in [2.45, 2.75) is 96.2 Å². The Bertz CT molecular complexity index is 656. The van der Waals surface area contributed by atoms with Crippen LogP contribution in [0, 0.1) is 23.7 Å². The first-order valence-corrected chi connectivity index (χ1v) is 11.2. The molecule has 0 aromatic heterocycles. The van der Waals surface area contributed by atoms with Gasteiger partial charge in [0.2, 0.25) is 0 Å². The molecule has 3 fully saturated rings. The third-order valence-corrected chi connectivity index (χ3v) is 7.48. The molecule has 29 heavy (non-hydrogen) atoms. The zero-order valence-electron chi connectivity index (χ0n) is 18.4. The molecular weight excluding hydrogens is 368 g/mol. The Labute approximate surface area is 175 Å². The largest absolute Gasteiger partial charge is 0.457 e. The molecule has 2 bridgehead atoms. The second-order valence-electron chi connectivity index (χ2n) is 9.84. The Hall–Kier alpha value is -1.17. The molecule has 0 aromatic carbocycles. The van der Waals surface area contributed by atoms with Gasteiger partial charge in [-0.1, -0.05) is 39.5 Å². The number of hydrogen-bond donors (Lipinski definition) is 2. The molecule has 5 heteroatoms. The lowest BCUT2D eigenvalue weighted by atomic mass is 9.60. The molecule has 0 radical (unpaired) electrons. The maximum atomic E-state index is 12.5. The summed E-state index contributed by atoms with van der Waals surface area (Å²) in [6.45, 7) is 16.6. The van der Waals surface area contributed by atoms with Gasteiger partial charge in [-0.2, -0.15) is 0 Å². The fourth-order valence-corrected chi connectivity index (χ4v) is 5.84. The van der Waals surface area contributed by atoms with Crippen LogP contribution in [0.1, 0.15) is 66.2 Å². The lowest BCUT2D eigenvalue weighted by Gasteiger charge is -2.45. The predicted molar refractivity (Wildman–Crippen MR) is 112 cm³/mol. The first-order chi connectivity index (χ1) is 13.6. The number of aliphatic hydroxyl groups is 2. The lowest BCUT2D eigenvalue weighted by molar-refractivity contribution is -0.183. The summed E-state index contributed by atoms with van der Waals surface area (Å²) in [5.41, 5.74) is 0.613. The molecule has 1 aliphatic carbocycles. The summed E-state index contributed by atoms with van der Waals surface area (Å²) in [7, 11) is 0. The van der Waals surface area contributed by atoms with Crippen LogP contribution >= 0.6 is 0 Å². The van der Waals surface area contributed by atoms with E-state index in [2.05, 4.69) is 27.0 Å². The number of rotatable bonds is 4. The molecule has 3 aliphatic rings. The molecular formula is C24H38O5. The number of esters is 1. The lowest BCUT2D eigenvalue weighted by Crippen LogP contribution is -2.51. The summed E-state index contributed by atoms with van der Waals surface area (Å²) >= 11 is 0. The highest BCUT2D eigenvalue weighted by Gasteiger charge is 2.60. The van der Waals surface area contributed by atoms with Crippen molar-refractivity contribution >= 4 is 5.97 Å². The van der Waals surface area contributed by atoms with Crippen LogP contribution in [0.15, 0.2) is 24.3 Å². The number of aliphatic hydroxyl groups excluding tert-OH is 2. The third kappa shape index (κ3) is 4.06. The van der Waals surface area contributed by atoms with Crippen LogP contribution < -0.4 is 0 Å². The van der Waals surface area contributed by atoms with Crippen LogP contribution in [-0.2, 0) is 14.3 Å². The van der Waals surface area contributed by atoms with Gasteiger partial charge in [-0.15, -0.1) is 0 Å². The van der Waals surface area contributed by atoms with Gasteiger partial charge in [0.05, 0.1) is 12.2 Å². The van der Waals surface area contributed by atoms with Crippen molar-refractivity contribution in [2.75, 3.05) is 0 Å². The van der Waals surface area contributed by atoms with Crippen LogP contribution in [0.25, 0.3) is 0 Å². The van der Waals surface area contributed by atoms with E-state index in [1.807, 2.05) is 13.8 Å². The summed E-state index contributed by atoms with van der Waals surface area (Å²) in [4.78, 5) is 12.5. The normalized spacial score (nSPS) is 42.8. The van der Waals surface area contributed by atoms with Crippen LogP contribution in [0.2, 0.25) is 0 Å². The Morgan fingerprint density at radius 1 is 1.31 bits per heavy atom. The van der Waals surface area contributed by atoms with Crippen molar-refractivity contribution in [2.24, 2.45) is 23.7 Å². The monoisotopic (exact) mass is 406 g/mol. The highest BCUT2D eigenvalue weighted by molar-refractivity contribution is 5.69. The second-order valence-corrected chi connectivity index (χ2v) is 9.84. The molecule has 0 aromatic rings. The van der Waals surface area contributed by atoms with Crippen LogP contribution in [0.4, 0.5) is 0 Å². The van der Waals surface area contributed by atoms with E-state index >= 15 is 0 Å². The van der Waals surface area contributed by atoms with Crippen LogP contribution in [0.5, 0.6) is 0 Å². The molecule has 2 aliphatic heterocycles. The van der Waals surface area contributed by atoms with Crippen molar-refractivity contribution in [3.05, 3.63) is 24.3 Å². The number of carbonyl (C=O) groups is 1. The van der Waals surface area contributed by atoms with E-state index in [0.29, 0.717) is 36.7 Å². The zero-order valence-corrected chi connectivity index (χ0v) is 18.4. The minimum atomic E-state index is -0.959. The molecule has 2 heterocycles. The van der Waals surface area contributed by atoms with Crippen molar-refractivity contribution in [3.8, 4) is 0 Å². The van der Waals surface area contributed by atoms with Crippen molar-refractivity contribution in [1.29, 1.82) is 0 Å². The van der Waals surface area contributed by atoms with Gasteiger partial charge >= 0.3 is 5.97 Å². The average Bonchev–Trinajstić information content (AvgIpc) is 3.07. The van der Waals surface area contributed by atoms with Gasteiger partial charge in [-0.3, -0.25) is 4.79 Å². The van der Waals surface area contributed by atoms with Crippen molar-refractivity contribution in [1.82, 2.24) is 0 Å². The summed E-state index contributed by atoms with van der Waals surface area (Å²) in [5, 5.41) is 21.6. The van der Waals surface area contributed by atoms with Gasteiger partial charge in [0.15, 0.2) is 0 Å². The molecule has 3 rings (SSSR count). The van der Waals surface area contributed by atoms with E-state index < -0.39 is 23.9 Å². The number of hydrogen-bond acceptors (Lipinski definition) is 5. The van der Waals surface area contributed by atoms with Gasteiger partial charge in [-0.25, -0.2) is 0 Å². The van der Waals surface area contributed by atoms with Crippen molar-refractivity contribution < 1.29 is 24.5 Å². The van der Waals surface area contributed by atoms with Gasteiger partial charge in [0, 0.05) is 18.3 Å². The zero-order chi connectivity index (χ0) is 21.5. The molecule has 0 spiro atoms. The summed E-state index contributed by atoms with van der Waals surface area (Å²) in [5.74, 6) is 0.711. The van der Waals surface area contributed by atoms with E-state index in [9.17, 15) is 15.0 Å². The number of carbonyl (C=O) groups excluding carboxylic acids is 1. The smallest absolute Gasteiger partial charge is 0.306 e. The summed E-state index contributed by atoms with van der Waals surface area (Å²) < 4.78 is 12.6. The highest BCUT2D eigenvalue weighted by atomic mass is 16.6. The molecule has 5 nitrogen and oxygen atoms in total. The van der Waals surface area contributed by atoms with Crippen LogP contribution in [0.3, 0.4) is 0 Å². The maximum Gasteiger partial charge on any atom is 0.306 e. The minimum absolute atomic E-state index is 0.0256. The average molecular weight is 407 g/mol. The topological polar surface area (TPSA) is 76.0 Å². The molecule has 164 valence electrons.